The number of anilines is 2. The topological polar surface area (TPSA) is 59.5 Å². The van der Waals surface area contributed by atoms with Gasteiger partial charge in [-0.3, -0.25) is 0 Å². The van der Waals surface area contributed by atoms with E-state index < -0.39 is 0 Å². The van der Waals surface area contributed by atoms with Crippen LogP contribution in [0.15, 0.2) is 79.3 Å². The minimum Gasteiger partial charge on any atom is -0.399 e. The molecule has 0 bridgehead atoms. The third-order valence-corrected chi connectivity index (χ3v) is 7.22. The molecule has 1 aliphatic rings. The highest BCUT2D eigenvalue weighted by Crippen LogP contribution is 2.34. The van der Waals surface area contributed by atoms with E-state index in [0.29, 0.717) is 12.1 Å². The number of hydrogen-bond donors (Lipinski definition) is 1. The van der Waals surface area contributed by atoms with Gasteiger partial charge in [0.05, 0.1) is 6.20 Å². The van der Waals surface area contributed by atoms with Gasteiger partial charge in [-0.1, -0.05) is 36.4 Å². The van der Waals surface area contributed by atoms with Crippen molar-refractivity contribution in [3.8, 4) is 22.3 Å². The summed E-state index contributed by atoms with van der Waals surface area (Å²) >= 11 is 0. The van der Waals surface area contributed by atoms with Crippen LogP contribution in [0.5, 0.6) is 0 Å². The molecule has 0 amide bonds. The number of fused-ring (bicyclic) bond motifs is 2. The highest BCUT2D eigenvalue weighted by Gasteiger charge is 2.24. The molecule has 0 saturated carbocycles. The predicted octanol–water partition coefficient (Wildman–Crippen LogP) is 6.57. The van der Waals surface area contributed by atoms with Gasteiger partial charge < -0.3 is 10.6 Å². The second-order valence-corrected chi connectivity index (χ2v) is 9.54. The minimum absolute atomic E-state index is 0.582. The molecule has 0 unspecified atom stereocenters. The van der Waals surface area contributed by atoms with E-state index in [0.717, 1.165) is 44.4 Å². The van der Waals surface area contributed by atoms with Crippen LogP contribution in [0.25, 0.3) is 38.7 Å². The zero-order chi connectivity index (χ0) is 23.2. The van der Waals surface area contributed by atoms with E-state index in [1.807, 2.05) is 41.2 Å². The zero-order valence-corrected chi connectivity index (χ0v) is 19.6. The van der Waals surface area contributed by atoms with Crippen molar-refractivity contribution in [2.75, 3.05) is 10.6 Å². The second kappa shape index (κ2) is 8.17. The lowest BCUT2D eigenvalue weighted by molar-refractivity contribution is 0.414. The molecule has 6 rings (SSSR count). The lowest BCUT2D eigenvalue weighted by atomic mass is 9.96. The summed E-state index contributed by atoms with van der Waals surface area (Å²) in [7, 11) is 0. The molecule has 0 spiro atoms. The monoisotopic (exact) mass is 447 g/mol. The zero-order valence-electron chi connectivity index (χ0n) is 19.6. The third-order valence-electron chi connectivity index (χ3n) is 7.22. The number of nitrogens with zero attached hydrogens (tertiary/aromatic N) is 4. The van der Waals surface area contributed by atoms with Crippen LogP contribution < -0.4 is 10.6 Å². The van der Waals surface area contributed by atoms with Gasteiger partial charge in [0.15, 0.2) is 5.65 Å². The maximum atomic E-state index is 6.21. The number of nitrogen functional groups attached to an aromatic ring is 1. The fraction of sp³-hybridized carbons (Fsp3) is 0.241. The quantitative estimate of drug-likeness (QED) is 0.318. The second-order valence-electron chi connectivity index (χ2n) is 9.54. The summed E-state index contributed by atoms with van der Waals surface area (Å²) in [6, 6.07) is 22.3. The summed E-state index contributed by atoms with van der Waals surface area (Å²) in [5.41, 5.74) is 13.3. The average molecular weight is 448 g/mol. The summed E-state index contributed by atoms with van der Waals surface area (Å²) in [6.07, 6.45) is 9.72. The first kappa shape index (κ1) is 20.7. The molecule has 2 aromatic heterocycles. The van der Waals surface area contributed by atoms with Gasteiger partial charge >= 0.3 is 0 Å². The number of rotatable bonds is 3. The maximum Gasteiger partial charge on any atom is 0.162 e. The van der Waals surface area contributed by atoms with E-state index in [1.165, 1.54) is 24.9 Å². The number of piperidine rings is 1. The Bertz CT molecular complexity index is 1470. The van der Waals surface area contributed by atoms with Crippen LogP contribution in [0.1, 0.15) is 33.1 Å². The van der Waals surface area contributed by atoms with Gasteiger partial charge in [0.1, 0.15) is 0 Å². The first-order valence-electron chi connectivity index (χ1n) is 12.1. The molecule has 0 aliphatic carbocycles. The van der Waals surface area contributed by atoms with Crippen LogP contribution in [-0.4, -0.2) is 26.7 Å². The Morgan fingerprint density at radius 3 is 2.41 bits per heavy atom. The summed E-state index contributed by atoms with van der Waals surface area (Å²) in [6.45, 7) is 4.67. The first-order chi connectivity index (χ1) is 16.6. The Balaban J connectivity index is 1.36. The Morgan fingerprint density at radius 1 is 0.853 bits per heavy atom. The highest BCUT2D eigenvalue weighted by atomic mass is 15.2. The third kappa shape index (κ3) is 3.48. The van der Waals surface area contributed by atoms with Gasteiger partial charge in [0.25, 0.3) is 0 Å². The molecule has 5 nitrogen and oxygen atoms in total. The van der Waals surface area contributed by atoms with Crippen molar-refractivity contribution in [3.05, 3.63) is 79.3 Å². The summed E-state index contributed by atoms with van der Waals surface area (Å²) < 4.78 is 1.87. The lowest BCUT2D eigenvalue weighted by Crippen LogP contribution is -2.43. The molecule has 0 radical (unpaired) electrons. The summed E-state index contributed by atoms with van der Waals surface area (Å²) in [5, 5.41) is 6.90. The van der Waals surface area contributed by atoms with Crippen LogP contribution in [0.4, 0.5) is 11.4 Å². The normalized spacial score (nSPS) is 18.6. The van der Waals surface area contributed by atoms with Crippen molar-refractivity contribution < 1.29 is 0 Å². The summed E-state index contributed by atoms with van der Waals surface area (Å²) in [5.74, 6) is 0. The molecule has 1 fully saturated rings. The van der Waals surface area contributed by atoms with Crippen molar-refractivity contribution in [1.82, 2.24) is 14.6 Å². The Labute approximate surface area is 199 Å². The molecular weight excluding hydrogens is 418 g/mol. The molecule has 5 aromatic rings. The Morgan fingerprint density at radius 2 is 1.62 bits per heavy atom. The van der Waals surface area contributed by atoms with Crippen LogP contribution in [0.3, 0.4) is 0 Å². The Hall–Kier alpha value is -3.86. The van der Waals surface area contributed by atoms with Crippen LogP contribution in [0.2, 0.25) is 0 Å². The molecular formula is C29H29N5. The van der Waals surface area contributed by atoms with E-state index in [-0.39, 0.29) is 0 Å². The molecule has 5 heteroatoms. The molecule has 3 heterocycles. The van der Waals surface area contributed by atoms with Gasteiger partial charge in [0, 0.05) is 47.0 Å². The first-order valence-corrected chi connectivity index (χ1v) is 12.1. The van der Waals surface area contributed by atoms with Gasteiger partial charge in [-0.05, 0) is 79.3 Å². The van der Waals surface area contributed by atoms with Crippen molar-refractivity contribution in [1.29, 1.82) is 0 Å². The van der Waals surface area contributed by atoms with Gasteiger partial charge in [-0.2, -0.15) is 5.10 Å². The van der Waals surface area contributed by atoms with E-state index in [4.69, 9.17) is 10.7 Å². The lowest BCUT2D eigenvalue weighted by Gasteiger charge is -2.41. The molecule has 1 aliphatic heterocycles. The minimum atomic E-state index is 0.582. The molecule has 2 atom stereocenters. The SMILES string of the molecule is C[C@@H]1CCC[C@H](C)N1c1ccc(-c2cnc3c(-c4cc(N)cc5ccccc45)cnn3c2)cc1. The van der Waals surface area contributed by atoms with Crippen LogP contribution in [0, 0.1) is 0 Å². The van der Waals surface area contributed by atoms with E-state index in [1.54, 1.807) is 0 Å². The fourth-order valence-corrected chi connectivity index (χ4v) is 5.53. The maximum absolute atomic E-state index is 6.21. The van der Waals surface area contributed by atoms with Crippen LogP contribution >= 0.6 is 0 Å². The molecule has 1 saturated heterocycles. The van der Waals surface area contributed by atoms with Crippen LogP contribution in [-0.2, 0) is 0 Å². The van der Waals surface area contributed by atoms with Crippen molar-refractivity contribution in [2.45, 2.75) is 45.2 Å². The Kier molecular flexibility index (Phi) is 4.98. The number of aromatic nitrogens is 3. The predicted molar refractivity (Wildman–Crippen MR) is 141 cm³/mol. The van der Waals surface area contributed by atoms with Crippen molar-refractivity contribution in [3.63, 3.8) is 0 Å². The average Bonchev–Trinajstić information content (AvgIpc) is 3.27. The van der Waals surface area contributed by atoms with Crippen molar-refractivity contribution in [2.24, 2.45) is 0 Å². The largest absolute Gasteiger partial charge is 0.399 e. The standard InChI is InChI=1S/C29H29N5/c1-19-6-5-7-20(2)34(19)25-12-10-21(11-13-25)23-16-31-29-28(17-32-33(29)18-23)27-15-24(30)14-22-8-3-4-9-26(22)27/h3-4,8-20H,5-7,30H2,1-2H3/t19-,20+. The summed E-state index contributed by atoms with van der Waals surface area (Å²) in [4.78, 5) is 7.38. The molecule has 2 N–H and O–H groups in total. The van der Waals surface area contributed by atoms with Crippen molar-refractivity contribution >= 4 is 27.8 Å². The highest BCUT2D eigenvalue weighted by molar-refractivity contribution is 6.01. The number of benzene rings is 3. The molecule has 170 valence electrons. The van der Waals surface area contributed by atoms with Gasteiger partial charge in [0.2, 0.25) is 0 Å². The number of nitrogens with two attached hydrogens (primary N) is 1. The molecule has 34 heavy (non-hydrogen) atoms. The number of hydrogen-bond acceptors (Lipinski definition) is 4. The van der Waals surface area contributed by atoms with E-state index >= 15 is 0 Å². The molecule has 3 aromatic carbocycles. The van der Waals surface area contributed by atoms with Gasteiger partial charge in [-0.15, -0.1) is 0 Å². The van der Waals surface area contributed by atoms with E-state index in [2.05, 4.69) is 66.4 Å². The fourth-order valence-electron chi connectivity index (χ4n) is 5.53. The van der Waals surface area contributed by atoms with E-state index in [9.17, 15) is 0 Å². The smallest absolute Gasteiger partial charge is 0.162 e. The van der Waals surface area contributed by atoms with Gasteiger partial charge in [-0.25, -0.2) is 9.50 Å².